The fourth-order valence-electron chi connectivity index (χ4n) is 2.01. The second kappa shape index (κ2) is 5.35. The highest BCUT2D eigenvalue weighted by Gasteiger charge is 2.05. The molecule has 0 atom stereocenters. The second-order valence-electron chi connectivity index (χ2n) is 4.39. The maximum Gasteiger partial charge on any atom is 0.138 e. The second-order valence-corrected chi connectivity index (χ2v) is 4.66. The predicted molar refractivity (Wildman–Crippen MR) is 83.5 cm³/mol. The third-order valence-electron chi connectivity index (χ3n) is 2.92. The Morgan fingerprint density at radius 1 is 1.20 bits per heavy atom. The number of H-pyrrole nitrogens is 1. The molecule has 0 unspecified atom stereocenters. The van der Waals surface area contributed by atoms with Crippen molar-refractivity contribution in [3.05, 3.63) is 48.5 Å². The van der Waals surface area contributed by atoms with Gasteiger partial charge in [0, 0.05) is 5.56 Å². The van der Waals surface area contributed by atoms with E-state index in [4.69, 9.17) is 17.3 Å². The van der Waals surface area contributed by atoms with Crippen LogP contribution in [0.25, 0.3) is 22.4 Å². The largest absolute Gasteiger partial charge is 0.386 e. The standard InChI is InChI=1S/C15H13ClN4/c16-9-14(17)18-11-5-3-4-10(8-11)15-19-12-6-1-2-7-13(12)20-15/h1-8H,9H2,(H2,17,18)(H,19,20). The molecule has 4 nitrogen and oxygen atoms in total. The van der Waals surface area contributed by atoms with Crippen LogP contribution in [0.5, 0.6) is 0 Å². The molecule has 1 aromatic heterocycles. The first kappa shape index (κ1) is 12.7. The van der Waals surface area contributed by atoms with Gasteiger partial charge in [-0.3, -0.25) is 0 Å². The third kappa shape index (κ3) is 2.51. The molecule has 3 N–H and O–H groups in total. The van der Waals surface area contributed by atoms with Crippen molar-refractivity contribution in [2.24, 2.45) is 10.7 Å². The van der Waals surface area contributed by atoms with E-state index in [0.717, 1.165) is 28.1 Å². The number of nitrogens with zero attached hydrogens (tertiary/aromatic N) is 2. The van der Waals surface area contributed by atoms with Gasteiger partial charge in [-0.05, 0) is 24.3 Å². The summed E-state index contributed by atoms with van der Waals surface area (Å²) in [4.78, 5) is 12.1. The average molecular weight is 285 g/mol. The van der Waals surface area contributed by atoms with Gasteiger partial charge in [0.25, 0.3) is 0 Å². The molecular formula is C15H13ClN4. The summed E-state index contributed by atoms with van der Waals surface area (Å²) < 4.78 is 0. The minimum Gasteiger partial charge on any atom is -0.386 e. The molecule has 0 fully saturated rings. The molecule has 1 heterocycles. The van der Waals surface area contributed by atoms with E-state index in [-0.39, 0.29) is 5.88 Å². The summed E-state index contributed by atoms with van der Waals surface area (Å²) in [5, 5.41) is 0. The van der Waals surface area contributed by atoms with Gasteiger partial charge < -0.3 is 10.7 Å². The van der Waals surface area contributed by atoms with E-state index in [1.807, 2.05) is 48.5 Å². The topological polar surface area (TPSA) is 67.1 Å². The number of para-hydroxylation sites is 2. The summed E-state index contributed by atoms with van der Waals surface area (Å²) >= 11 is 5.64. The maximum absolute atomic E-state index is 5.65. The molecule has 3 aromatic rings. The van der Waals surface area contributed by atoms with E-state index < -0.39 is 0 Å². The lowest BCUT2D eigenvalue weighted by molar-refractivity contribution is 1.33. The Kier molecular flexibility index (Phi) is 3.39. The first-order valence-corrected chi connectivity index (χ1v) is 6.74. The molecule has 0 saturated heterocycles. The highest BCUT2D eigenvalue weighted by molar-refractivity contribution is 6.28. The van der Waals surface area contributed by atoms with Crippen LogP contribution in [0.2, 0.25) is 0 Å². The smallest absolute Gasteiger partial charge is 0.138 e. The van der Waals surface area contributed by atoms with E-state index in [0.29, 0.717) is 5.84 Å². The van der Waals surface area contributed by atoms with Gasteiger partial charge in [-0.2, -0.15) is 0 Å². The van der Waals surface area contributed by atoms with Crippen molar-refractivity contribution in [3.63, 3.8) is 0 Å². The van der Waals surface area contributed by atoms with Crippen LogP contribution < -0.4 is 5.73 Å². The number of aromatic amines is 1. The summed E-state index contributed by atoms with van der Waals surface area (Å²) in [6.45, 7) is 0. The molecule has 3 rings (SSSR count). The molecule has 0 amide bonds. The first-order valence-electron chi connectivity index (χ1n) is 6.20. The number of hydrogen-bond acceptors (Lipinski definition) is 2. The minimum atomic E-state index is 0.217. The quantitative estimate of drug-likeness (QED) is 0.439. The Hall–Kier alpha value is -2.33. The lowest BCUT2D eigenvalue weighted by atomic mass is 10.2. The number of aromatic nitrogens is 2. The van der Waals surface area contributed by atoms with Gasteiger partial charge in [-0.25, -0.2) is 9.98 Å². The number of nitrogens with one attached hydrogen (secondary N) is 1. The van der Waals surface area contributed by atoms with Crippen molar-refractivity contribution in [1.29, 1.82) is 0 Å². The summed E-state index contributed by atoms with van der Waals surface area (Å²) in [6, 6.07) is 15.6. The molecule has 0 spiro atoms. The van der Waals surface area contributed by atoms with Crippen LogP contribution in [-0.2, 0) is 0 Å². The Bertz CT molecular complexity index is 743. The van der Waals surface area contributed by atoms with E-state index in [1.54, 1.807) is 0 Å². The van der Waals surface area contributed by atoms with E-state index >= 15 is 0 Å². The fourth-order valence-corrected chi connectivity index (χ4v) is 2.07. The van der Waals surface area contributed by atoms with Gasteiger partial charge in [0.2, 0.25) is 0 Å². The number of nitrogens with two attached hydrogens (primary N) is 1. The van der Waals surface area contributed by atoms with Crippen LogP contribution in [0, 0.1) is 0 Å². The molecule has 100 valence electrons. The summed E-state index contributed by atoms with van der Waals surface area (Å²) in [7, 11) is 0. The Morgan fingerprint density at radius 2 is 2.05 bits per heavy atom. The van der Waals surface area contributed by atoms with Crippen LogP contribution in [0.1, 0.15) is 0 Å². The number of benzene rings is 2. The molecule has 2 aromatic carbocycles. The van der Waals surface area contributed by atoms with E-state index in [9.17, 15) is 0 Å². The van der Waals surface area contributed by atoms with Gasteiger partial charge in [0.1, 0.15) is 11.7 Å². The van der Waals surface area contributed by atoms with Crippen LogP contribution in [-0.4, -0.2) is 21.7 Å². The van der Waals surface area contributed by atoms with Crippen LogP contribution in [0.15, 0.2) is 53.5 Å². The maximum atomic E-state index is 5.65. The summed E-state index contributed by atoms with van der Waals surface area (Å²) in [5.41, 5.74) is 9.33. The van der Waals surface area contributed by atoms with Crippen molar-refractivity contribution >= 4 is 34.2 Å². The zero-order valence-corrected chi connectivity index (χ0v) is 11.4. The number of alkyl halides is 1. The molecule has 0 bridgehead atoms. The average Bonchev–Trinajstić information content (AvgIpc) is 2.91. The number of fused-ring (bicyclic) bond motifs is 1. The predicted octanol–water partition coefficient (Wildman–Crippen LogP) is 3.46. The molecule has 0 aliphatic heterocycles. The van der Waals surface area contributed by atoms with Crippen molar-refractivity contribution in [3.8, 4) is 11.4 Å². The lowest BCUT2D eigenvalue weighted by Crippen LogP contribution is -2.12. The van der Waals surface area contributed by atoms with Gasteiger partial charge in [0.15, 0.2) is 0 Å². The van der Waals surface area contributed by atoms with Crippen LogP contribution in [0.3, 0.4) is 0 Å². The number of amidine groups is 1. The highest BCUT2D eigenvalue weighted by Crippen LogP contribution is 2.24. The molecule has 20 heavy (non-hydrogen) atoms. The third-order valence-corrected chi connectivity index (χ3v) is 3.19. The van der Waals surface area contributed by atoms with Gasteiger partial charge in [0.05, 0.1) is 22.6 Å². The minimum absolute atomic E-state index is 0.217. The Labute approximate surface area is 121 Å². The Morgan fingerprint density at radius 3 is 2.85 bits per heavy atom. The van der Waals surface area contributed by atoms with Crippen molar-refractivity contribution in [1.82, 2.24) is 9.97 Å². The molecule has 0 saturated carbocycles. The monoisotopic (exact) mass is 284 g/mol. The zero-order valence-electron chi connectivity index (χ0n) is 10.7. The van der Waals surface area contributed by atoms with Gasteiger partial charge in [-0.15, -0.1) is 11.6 Å². The first-order chi connectivity index (χ1) is 9.76. The lowest BCUT2D eigenvalue weighted by Gasteiger charge is -2.00. The number of imidazole rings is 1. The summed E-state index contributed by atoms with van der Waals surface area (Å²) in [5.74, 6) is 1.43. The SMILES string of the molecule is NC(CCl)=Nc1cccc(-c2nc3ccccc3[nH]2)c1. The van der Waals surface area contributed by atoms with E-state index in [1.165, 1.54) is 0 Å². The number of halogens is 1. The molecule has 0 aliphatic carbocycles. The van der Waals surface area contributed by atoms with E-state index in [2.05, 4.69) is 15.0 Å². The Balaban J connectivity index is 2.03. The van der Waals surface area contributed by atoms with Gasteiger partial charge >= 0.3 is 0 Å². The van der Waals surface area contributed by atoms with Crippen LogP contribution >= 0.6 is 11.6 Å². The molecule has 5 heteroatoms. The molecule has 0 radical (unpaired) electrons. The van der Waals surface area contributed by atoms with Gasteiger partial charge in [-0.1, -0.05) is 24.3 Å². The number of aliphatic imine (C=N–C) groups is 1. The van der Waals surface area contributed by atoms with Crippen LogP contribution in [0.4, 0.5) is 5.69 Å². The molecular weight excluding hydrogens is 272 g/mol. The van der Waals surface area contributed by atoms with Crippen molar-refractivity contribution < 1.29 is 0 Å². The zero-order chi connectivity index (χ0) is 13.9. The number of hydrogen-bond donors (Lipinski definition) is 2. The number of rotatable bonds is 3. The van der Waals surface area contributed by atoms with Crippen molar-refractivity contribution in [2.75, 3.05) is 5.88 Å². The highest BCUT2D eigenvalue weighted by atomic mass is 35.5. The fraction of sp³-hybridized carbons (Fsp3) is 0.0667. The summed E-state index contributed by atoms with van der Waals surface area (Å²) in [6.07, 6.45) is 0. The molecule has 0 aliphatic rings. The van der Waals surface area contributed by atoms with Crippen molar-refractivity contribution in [2.45, 2.75) is 0 Å². The normalized spacial score (nSPS) is 11.9.